The first-order valence-electron chi connectivity index (χ1n) is 6.63. The van der Waals surface area contributed by atoms with E-state index in [2.05, 4.69) is 5.32 Å². The maximum atomic E-state index is 13.5. The van der Waals surface area contributed by atoms with E-state index in [1.165, 1.54) is 0 Å². The molecule has 0 saturated heterocycles. The summed E-state index contributed by atoms with van der Waals surface area (Å²) in [6, 6.07) is 1.82. The number of nitrogen functional groups attached to an aromatic ring is 1. The van der Waals surface area contributed by atoms with Gasteiger partial charge in [-0.25, -0.2) is 8.78 Å². The second-order valence-electron chi connectivity index (χ2n) is 5.03. The summed E-state index contributed by atoms with van der Waals surface area (Å²) in [5.74, 6) is -1.90. The molecule has 104 valence electrons. The van der Waals surface area contributed by atoms with E-state index in [1.54, 1.807) is 0 Å². The van der Waals surface area contributed by atoms with E-state index in [-0.39, 0.29) is 23.2 Å². The van der Waals surface area contributed by atoms with E-state index in [0.717, 1.165) is 44.6 Å². The minimum Gasteiger partial charge on any atom is -0.396 e. The first kappa shape index (κ1) is 13.8. The van der Waals surface area contributed by atoms with Crippen molar-refractivity contribution in [2.75, 3.05) is 11.1 Å². The van der Waals surface area contributed by atoms with Crippen molar-refractivity contribution in [2.24, 2.45) is 5.92 Å². The summed E-state index contributed by atoms with van der Waals surface area (Å²) < 4.78 is 26.6. The van der Waals surface area contributed by atoms with Crippen LogP contribution >= 0.6 is 0 Å². The number of hydrogen-bond donors (Lipinski definition) is 2. The van der Waals surface area contributed by atoms with Crippen LogP contribution in [-0.4, -0.2) is 5.91 Å². The van der Waals surface area contributed by atoms with Crippen LogP contribution in [-0.2, 0) is 4.79 Å². The third-order valence-electron chi connectivity index (χ3n) is 3.57. The highest BCUT2D eigenvalue weighted by molar-refractivity contribution is 5.93. The highest BCUT2D eigenvalue weighted by Gasteiger charge is 2.21. The standard InChI is InChI=1S/C14H18F2N2O/c15-10-7-11(16)13(8-12(10)17)18-14(19)9-5-3-1-2-4-6-9/h7-9H,1-6,17H2,(H,18,19). The summed E-state index contributed by atoms with van der Waals surface area (Å²) >= 11 is 0. The Balaban J connectivity index is 2.07. The Morgan fingerprint density at radius 3 is 2.37 bits per heavy atom. The van der Waals surface area contributed by atoms with Crippen LogP contribution in [0.4, 0.5) is 20.2 Å². The van der Waals surface area contributed by atoms with Crippen LogP contribution in [0, 0.1) is 17.6 Å². The van der Waals surface area contributed by atoms with Gasteiger partial charge in [-0.1, -0.05) is 25.7 Å². The van der Waals surface area contributed by atoms with Crippen LogP contribution in [0.15, 0.2) is 12.1 Å². The average molecular weight is 268 g/mol. The van der Waals surface area contributed by atoms with Crippen molar-refractivity contribution in [3.05, 3.63) is 23.8 Å². The molecule has 0 radical (unpaired) electrons. The molecule has 0 bridgehead atoms. The number of nitrogens with two attached hydrogens (primary N) is 1. The lowest BCUT2D eigenvalue weighted by Crippen LogP contribution is -2.23. The van der Waals surface area contributed by atoms with Gasteiger partial charge in [0.1, 0.15) is 11.6 Å². The number of hydrogen-bond acceptors (Lipinski definition) is 2. The zero-order valence-electron chi connectivity index (χ0n) is 10.7. The summed E-state index contributed by atoms with van der Waals surface area (Å²) in [5, 5.41) is 2.52. The van der Waals surface area contributed by atoms with Gasteiger partial charge in [-0.2, -0.15) is 0 Å². The number of amides is 1. The van der Waals surface area contributed by atoms with Crippen molar-refractivity contribution < 1.29 is 13.6 Å². The minimum atomic E-state index is -0.815. The zero-order valence-corrected chi connectivity index (χ0v) is 10.7. The summed E-state index contributed by atoms with van der Waals surface area (Å²) in [5.41, 5.74) is 5.16. The smallest absolute Gasteiger partial charge is 0.227 e. The number of halogens is 2. The van der Waals surface area contributed by atoms with E-state index in [4.69, 9.17) is 5.73 Å². The van der Waals surface area contributed by atoms with E-state index in [1.807, 2.05) is 0 Å². The van der Waals surface area contributed by atoms with Gasteiger partial charge >= 0.3 is 0 Å². The third kappa shape index (κ3) is 3.43. The molecule has 0 heterocycles. The molecule has 1 aliphatic rings. The van der Waals surface area contributed by atoms with Crippen molar-refractivity contribution in [1.29, 1.82) is 0 Å². The number of rotatable bonds is 2. The van der Waals surface area contributed by atoms with Gasteiger partial charge in [0.05, 0.1) is 11.4 Å². The Hall–Kier alpha value is -1.65. The largest absolute Gasteiger partial charge is 0.396 e. The highest BCUT2D eigenvalue weighted by Crippen LogP contribution is 2.26. The molecule has 2 rings (SSSR count). The molecule has 1 fully saturated rings. The molecular formula is C14H18F2N2O. The van der Waals surface area contributed by atoms with Crippen molar-refractivity contribution in [1.82, 2.24) is 0 Å². The molecule has 0 aliphatic heterocycles. The molecule has 5 heteroatoms. The average Bonchev–Trinajstić information content (AvgIpc) is 2.64. The summed E-state index contributed by atoms with van der Waals surface area (Å²) in [7, 11) is 0. The van der Waals surface area contributed by atoms with Gasteiger partial charge < -0.3 is 11.1 Å². The molecule has 0 aromatic heterocycles. The minimum absolute atomic E-state index is 0.0480. The maximum absolute atomic E-state index is 13.5. The Morgan fingerprint density at radius 2 is 1.74 bits per heavy atom. The lowest BCUT2D eigenvalue weighted by Gasteiger charge is -2.15. The number of anilines is 2. The molecular weight excluding hydrogens is 250 g/mol. The Bertz CT molecular complexity index is 469. The molecule has 3 nitrogen and oxygen atoms in total. The lowest BCUT2D eigenvalue weighted by atomic mass is 9.99. The first-order chi connectivity index (χ1) is 9.08. The second-order valence-corrected chi connectivity index (χ2v) is 5.03. The van der Waals surface area contributed by atoms with Crippen molar-refractivity contribution in [2.45, 2.75) is 38.5 Å². The predicted molar refractivity (Wildman–Crippen MR) is 70.6 cm³/mol. The fraction of sp³-hybridized carbons (Fsp3) is 0.500. The highest BCUT2D eigenvalue weighted by atomic mass is 19.1. The molecule has 1 saturated carbocycles. The van der Waals surface area contributed by atoms with Gasteiger partial charge in [0.2, 0.25) is 5.91 Å². The molecule has 1 aromatic carbocycles. The van der Waals surface area contributed by atoms with Crippen molar-refractivity contribution in [3.8, 4) is 0 Å². The van der Waals surface area contributed by atoms with Crippen LogP contribution in [0.2, 0.25) is 0 Å². The quantitative estimate of drug-likeness (QED) is 0.637. The molecule has 0 spiro atoms. The lowest BCUT2D eigenvalue weighted by molar-refractivity contribution is -0.120. The molecule has 0 unspecified atom stereocenters. The molecule has 19 heavy (non-hydrogen) atoms. The molecule has 1 aliphatic carbocycles. The monoisotopic (exact) mass is 268 g/mol. The van der Waals surface area contributed by atoms with Gasteiger partial charge in [0.25, 0.3) is 0 Å². The Labute approximate surface area is 111 Å². The van der Waals surface area contributed by atoms with E-state index in [0.29, 0.717) is 6.07 Å². The Morgan fingerprint density at radius 1 is 1.11 bits per heavy atom. The normalized spacial score (nSPS) is 16.9. The third-order valence-corrected chi connectivity index (χ3v) is 3.57. The van der Waals surface area contributed by atoms with E-state index >= 15 is 0 Å². The van der Waals surface area contributed by atoms with Gasteiger partial charge in [-0.05, 0) is 18.9 Å². The van der Waals surface area contributed by atoms with Gasteiger partial charge in [-0.15, -0.1) is 0 Å². The van der Waals surface area contributed by atoms with Gasteiger partial charge in [0.15, 0.2) is 0 Å². The summed E-state index contributed by atoms with van der Waals surface area (Å²) in [6.45, 7) is 0. The summed E-state index contributed by atoms with van der Waals surface area (Å²) in [4.78, 5) is 12.1. The molecule has 1 aromatic rings. The SMILES string of the molecule is Nc1cc(NC(=O)C2CCCCCC2)c(F)cc1F. The zero-order chi connectivity index (χ0) is 13.8. The number of carbonyl (C=O) groups excluding carboxylic acids is 1. The summed E-state index contributed by atoms with van der Waals surface area (Å²) in [6.07, 6.45) is 5.97. The fourth-order valence-electron chi connectivity index (χ4n) is 2.44. The fourth-order valence-corrected chi connectivity index (χ4v) is 2.44. The van der Waals surface area contributed by atoms with E-state index < -0.39 is 11.6 Å². The Kier molecular flexibility index (Phi) is 4.35. The van der Waals surface area contributed by atoms with Crippen LogP contribution in [0.1, 0.15) is 38.5 Å². The second kappa shape index (κ2) is 5.99. The number of benzene rings is 1. The van der Waals surface area contributed by atoms with E-state index in [9.17, 15) is 13.6 Å². The van der Waals surface area contributed by atoms with Crippen LogP contribution < -0.4 is 11.1 Å². The molecule has 0 atom stereocenters. The molecule has 3 N–H and O–H groups in total. The number of carbonyl (C=O) groups is 1. The first-order valence-corrected chi connectivity index (χ1v) is 6.63. The van der Waals surface area contributed by atoms with Crippen LogP contribution in [0.25, 0.3) is 0 Å². The van der Waals surface area contributed by atoms with Gasteiger partial charge in [0, 0.05) is 12.0 Å². The number of nitrogens with one attached hydrogen (secondary N) is 1. The van der Waals surface area contributed by atoms with Crippen LogP contribution in [0.5, 0.6) is 0 Å². The predicted octanol–water partition coefficient (Wildman–Crippen LogP) is 3.46. The van der Waals surface area contributed by atoms with Crippen molar-refractivity contribution >= 4 is 17.3 Å². The van der Waals surface area contributed by atoms with Crippen molar-refractivity contribution in [3.63, 3.8) is 0 Å². The van der Waals surface area contributed by atoms with Gasteiger partial charge in [-0.3, -0.25) is 4.79 Å². The molecule has 1 amide bonds. The topological polar surface area (TPSA) is 55.1 Å². The van der Waals surface area contributed by atoms with Crippen LogP contribution in [0.3, 0.4) is 0 Å². The maximum Gasteiger partial charge on any atom is 0.227 e.